The Kier molecular flexibility index (Phi) is 4.63. The molecule has 2 N–H and O–H groups in total. The molecule has 0 bridgehead atoms. The van der Waals surface area contributed by atoms with Crippen LogP contribution in [0.15, 0.2) is 42.5 Å². The summed E-state index contributed by atoms with van der Waals surface area (Å²) in [6.45, 7) is 3.92. The zero-order valence-corrected chi connectivity index (χ0v) is 12.2. The summed E-state index contributed by atoms with van der Waals surface area (Å²) in [5, 5.41) is 13.8. The van der Waals surface area contributed by atoms with Crippen LogP contribution in [-0.4, -0.2) is 5.11 Å². The van der Waals surface area contributed by atoms with Gasteiger partial charge in [0, 0.05) is 28.7 Å². The van der Waals surface area contributed by atoms with Gasteiger partial charge in [0.15, 0.2) is 0 Å². The molecule has 2 rings (SSSR count). The van der Waals surface area contributed by atoms with E-state index in [1.54, 1.807) is 6.07 Å². The van der Waals surface area contributed by atoms with Gasteiger partial charge in [0.1, 0.15) is 11.6 Å². The molecule has 0 heterocycles. The highest BCUT2D eigenvalue weighted by molar-refractivity contribution is 6.31. The van der Waals surface area contributed by atoms with Crippen LogP contribution in [0.1, 0.15) is 37.1 Å². The Balaban J connectivity index is 2.15. The SMILES string of the molecule is CC(NC(C)c1ccccc1Cl)c1ccc(F)cc1O. The van der Waals surface area contributed by atoms with Crippen molar-refractivity contribution in [2.24, 2.45) is 0 Å². The van der Waals surface area contributed by atoms with Crippen LogP contribution < -0.4 is 5.32 Å². The van der Waals surface area contributed by atoms with E-state index in [-0.39, 0.29) is 17.8 Å². The van der Waals surface area contributed by atoms with E-state index in [9.17, 15) is 9.50 Å². The van der Waals surface area contributed by atoms with E-state index in [4.69, 9.17) is 11.6 Å². The zero-order valence-electron chi connectivity index (χ0n) is 11.4. The number of nitrogens with one attached hydrogen (secondary N) is 1. The topological polar surface area (TPSA) is 32.3 Å². The molecular formula is C16H17ClFNO. The third kappa shape index (κ3) is 3.30. The van der Waals surface area contributed by atoms with E-state index in [0.717, 1.165) is 11.6 Å². The fraction of sp³-hybridized carbons (Fsp3) is 0.250. The Morgan fingerprint density at radius 1 is 1.05 bits per heavy atom. The lowest BCUT2D eigenvalue weighted by Crippen LogP contribution is -2.22. The maximum Gasteiger partial charge on any atom is 0.126 e. The van der Waals surface area contributed by atoms with E-state index < -0.39 is 5.82 Å². The molecule has 0 aromatic heterocycles. The summed E-state index contributed by atoms with van der Waals surface area (Å²) in [7, 11) is 0. The lowest BCUT2D eigenvalue weighted by Gasteiger charge is -2.22. The molecule has 2 atom stereocenters. The van der Waals surface area contributed by atoms with Crippen LogP contribution in [0.4, 0.5) is 4.39 Å². The number of aromatic hydroxyl groups is 1. The molecule has 0 aliphatic heterocycles. The van der Waals surface area contributed by atoms with Crippen molar-refractivity contribution in [1.29, 1.82) is 0 Å². The maximum atomic E-state index is 13.0. The molecule has 2 aromatic rings. The van der Waals surface area contributed by atoms with E-state index in [1.165, 1.54) is 6.07 Å². The van der Waals surface area contributed by atoms with Crippen molar-refractivity contribution in [1.82, 2.24) is 5.32 Å². The average Bonchev–Trinajstić information content (AvgIpc) is 2.38. The number of rotatable bonds is 4. The second-order valence-corrected chi connectivity index (χ2v) is 5.24. The van der Waals surface area contributed by atoms with Crippen molar-refractivity contribution in [2.75, 3.05) is 0 Å². The number of halogens is 2. The second-order valence-electron chi connectivity index (χ2n) is 4.83. The summed E-state index contributed by atoms with van der Waals surface area (Å²) in [6.07, 6.45) is 0. The largest absolute Gasteiger partial charge is 0.508 e. The molecule has 0 amide bonds. The van der Waals surface area contributed by atoms with Gasteiger partial charge >= 0.3 is 0 Å². The minimum atomic E-state index is -0.447. The fourth-order valence-corrected chi connectivity index (χ4v) is 2.56. The Morgan fingerprint density at radius 3 is 2.35 bits per heavy atom. The zero-order chi connectivity index (χ0) is 14.7. The molecule has 2 unspecified atom stereocenters. The van der Waals surface area contributed by atoms with Gasteiger partial charge in [-0.3, -0.25) is 0 Å². The standard InChI is InChI=1S/C16H17ClFNO/c1-10(13-5-3-4-6-15(13)17)19-11(2)14-8-7-12(18)9-16(14)20/h3-11,19-20H,1-2H3. The van der Waals surface area contributed by atoms with Gasteiger partial charge in [-0.2, -0.15) is 0 Å². The van der Waals surface area contributed by atoms with Crippen LogP contribution in [0.3, 0.4) is 0 Å². The lowest BCUT2D eigenvalue weighted by atomic mass is 10.0. The molecule has 2 aromatic carbocycles. The highest BCUT2D eigenvalue weighted by Gasteiger charge is 2.16. The van der Waals surface area contributed by atoms with Crippen LogP contribution in [0, 0.1) is 5.82 Å². The molecule has 106 valence electrons. The van der Waals surface area contributed by atoms with Gasteiger partial charge in [-0.1, -0.05) is 35.9 Å². The summed E-state index contributed by atoms with van der Waals surface area (Å²) in [5.41, 5.74) is 1.65. The monoisotopic (exact) mass is 293 g/mol. The Bertz CT molecular complexity index is 603. The molecule has 0 aliphatic rings. The Labute approximate surface area is 123 Å². The van der Waals surface area contributed by atoms with Crippen molar-refractivity contribution in [2.45, 2.75) is 25.9 Å². The predicted molar refractivity (Wildman–Crippen MR) is 79.5 cm³/mol. The first kappa shape index (κ1) is 14.8. The van der Waals surface area contributed by atoms with Crippen LogP contribution >= 0.6 is 11.6 Å². The molecule has 0 saturated heterocycles. The fourth-order valence-electron chi connectivity index (χ4n) is 2.26. The smallest absolute Gasteiger partial charge is 0.126 e. The Hall–Kier alpha value is -1.58. The van der Waals surface area contributed by atoms with Gasteiger partial charge in [0.25, 0.3) is 0 Å². The van der Waals surface area contributed by atoms with Gasteiger partial charge in [-0.15, -0.1) is 0 Å². The highest BCUT2D eigenvalue weighted by Crippen LogP contribution is 2.29. The van der Waals surface area contributed by atoms with Gasteiger partial charge < -0.3 is 10.4 Å². The summed E-state index contributed by atoms with van der Waals surface area (Å²) in [6, 6.07) is 11.5. The van der Waals surface area contributed by atoms with Crippen LogP contribution in [0.25, 0.3) is 0 Å². The lowest BCUT2D eigenvalue weighted by molar-refractivity contribution is 0.434. The van der Waals surface area contributed by atoms with Crippen LogP contribution in [0.5, 0.6) is 5.75 Å². The van der Waals surface area contributed by atoms with Crippen molar-refractivity contribution < 1.29 is 9.50 Å². The third-order valence-corrected chi connectivity index (χ3v) is 3.67. The molecule has 0 fully saturated rings. The summed E-state index contributed by atoms with van der Waals surface area (Å²) >= 11 is 6.16. The maximum absolute atomic E-state index is 13.0. The number of benzene rings is 2. The molecule has 4 heteroatoms. The van der Waals surface area contributed by atoms with Gasteiger partial charge in [-0.25, -0.2) is 4.39 Å². The number of hydrogen-bond donors (Lipinski definition) is 2. The number of phenols is 1. The molecule has 0 aliphatic carbocycles. The van der Waals surface area contributed by atoms with Gasteiger partial charge in [-0.05, 0) is 31.5 Å². The molecule has 0 spiro atoms. The minimum absolute atomic E-state index is 0.0168. The van der Waals surface area contributed by atoms with Crippen molar-refractivity contribution in [3.8, 4) is 5.75 Å². The molecule has 0 saturated carbocycles. The summed E-state index contributed by atoms with van der Waals surface area (Å²) in [4.78, 5) is 0. The Morgan fingerprint density at radius 2 is 1.70 bits per heavy atom. The highest BCUT2D eigenvalue weighted by atomic mass is 35.5. The summed E-state index contributed by atoms with van der Waals surface area (Å²) < 4.78 is 13.0. The normalized spacial score (nSPS) is 14.0. The first-order valence-corrected chi connectivity index (χ1v) is 6.85. The molecule has 2 nitrogen and oxygen atoms in total. The summed E-state index contributed by atoms with van der Waals surface area (Å²) in [5.74, 6) is -0.492. The van der Waals surface area contributed by atoms with Crippen molar-refractivity contribution >= 4 is 11.6 Å². The number of phenolic OH excluding ortho intramolecular Hbond substituents is 1. The quantitative estimate of drug-likeness (QED) is 0.863. The van der Waals surface area contributed by atoms with Crippen LogP contribution in [0.2, 0.25) is 5.02 Å². The molecule has 20 heavy (non-hydrogen) atoms. The molecule has 0 radical (unpaired) electrons. The predicted octanol–water partition coefficient (Wildman–Crippen LogP) is 4.60. The van der Waals surface area contributed by atoms with Crippen LogP contribution in [-0.2, 0) is 0 Å². The van der Waals surface area contributed by atoms with E-state index in [1.807, 2.05) is 38.1 Å². The first-order valence-electron chi connectivity index (χ1n) is 6.48. The van der Waals surface area contributed by atoms with E-state index in [2.05, 4.69) is 5.32 Å². The number of hydrogen-bond acceptors (Lipinski definition) is 2. The molecular weight excluding hydrogens is 277 g/mol. The third-order valence-electron chi connectivity index (χ3n) is 3.33. The average molecular weight is 294 g/mol. The first-order chi connectivity index (χ1) is 9.49. The minimum Gasteiger partial charge on any atom is -0.508 e. The van der Waals surface area contributed by atoms with Gasteiger partial charge in [0.2, 0.25) is 0 Å². The van der Waals surface area contributed by atoms with E-state index >= 15 is 0 Å². The van der Waals surface area contributed by atoms with Crippen molar-refractivity contribution in [3.05, 3.63) is 64.4 Å². The van der Waals surface area contributed by atoms with Gasteiger partial charge in [0.05, 0.1) is 0 Å². The van der Waals surface area contributed by atoms with Crippen molar-refractivity contribution in [3.63, 3.8) is 0 Å². The van der Waals surface area contributed by atoms with E-state index in [0.29, 0.717) is 10.6 Å². The second kappa shape index (κ2) is 6.25.